The van der Waals surface area contributed by atoms with Crippen LogP contribution in [0.1, 0.15) is 75.1 Å². The monoisotopic (exact) mass is 430 g/mol. The summed E-state index contributed by atoms with van der Waals surface area (Å²) in [4.78, 5) is 28.7. The molecule has 0 radical (unpaired) electrons. The number of aromatic amines is 1. The Kier molecular flexibility index (Phi) is 7.96. The second-order valence-electron chi connectivity index (χ2n) is 8.44. The van der Waals surface area contributed by atoms with Gasteiger partial charge in [0.15, 0.2) is 11.5 Å². The minimum atomic E-state index is -0.664. The predicted molar refractivity (Wildman–Crippen MR) is 121 cm³/mol. The van der Waals surface area contributed by atoms with Crippen LogP contribution in [-0.4, -0.2) is 41.9 Å². The molecule has 3 N–H and O–H groups in total. The number of aromatic nitrogens is 1. The Labute approximate surface area is 183 Å². The summed E-state index contributed by atoms with van der Waals surface area (Å²) in [5.74, 6) is 0.561. The molecule has 1 saturated carbocycles. The number of carbonyl (C=O) groups excluding carboxylic acids is 1. The van der Waals surface area contributed by atoms with Crippen LogP contribution in [0.4, 0.5) is 0 Å². The molecule has 7 nitrogen and oxygen atoms in total. The third kappa shape index (κ3) is 5.39. The topological polar surface area (TPSA) is 101 Å². The third-order valence-electron chi connectivity index (χ3n) is 6.14. The molecule has 170 valence electrons. The molecule has 0 bridgehead atoms. The molecule has 0 saturated heterocycles. The smallest absolute Gasteiger partial charge is 0.261 e. The second-order valence-corrected chi connectivity index (χ2v) is 8.44. The van der Waals surface area contributed by atoms with Crippen molar-refractivity contribution in [3.05, 3.63) is 34.1 Å². The lowest BCUT2D eigenvalue weighted by Gasteiger charge is -2.31. The van der Waals surface area contributed by atoms with Gasteiger partial charge in [-0.25, -0.2) is 0 Å². The van der Waals surface area contributed by atoms with Crippen LogP contribution in [-0.2, 0) is 0 Å². The van der Waals surface area contributed by atoms with E-state index in [0.717, 1.165) is 44.9 Å². The lowest BCUT2D eigenvalue weighted by Crippen LogP contribution is -2.51. The number of H-pyrrole nitrogens is 1. The van der Waals surface area contributed by atoms with Gasteiger partial charge in [-0.3, -0.25) is 9.59 Å². The molecule has 0 spiro atoms. The summed E-state index contributed by atoms with van der Waals surface area (Å²) < 4.78 is 11.4. The van der Waals surface area contributed by atoms with Gasteiger partial charge in [0.1, 0.15) is 5.56 Å². The summed E-state index contributed by atoms with van der Waals surface area (Å²) in [5.41, 5.74) is -0.601. The van der Waals surface area contributed by atoms with E-state index < -0.39 is 17.0 Å². The average Bonchev–Trinajstić information content (AvgIpc) is 3.02. The van der Waals surface area contributed by atoms with Crippen LogP contribution < -0.4 is 20.3 Å². The first kappa shape index (κ1) is 23.1. The number of fused-ring (bicyclic) bond motifs is 1. The van der Waals surface area contributed by atoms with Crippen molar-refractivity contribution in [1.29, 1.82) is 0 Å². The van der Waals surface area contributed by atoms with Gasteiger partial charge < -0.3 is 24.9 Å². The van der Waals surface area contributed by atoms with Crippen molar-refractivity contribution in [3.8, 4) is 11.5 Å². The Morgan fingerprint density at radius 2 is 1.94 bits per heavy atom. The van der Waals surface area contributed by atoms with Gasteiger partial charge >= 0.3 is 0 Å². The van der Waals surface area contributed by atoms with Crippen molar-refractivity contribution in [2.45, 2.75) is 70.3 Å². The fourth-order valence-electron chi connectivity index (χ4n) is 4.27. The number of unbranched alkanes of at least 4 members (excludes halogenated alkanes) is 2. The highest BCUT2D eigenvalue weighted by Gasteiger charge is 2.33. The van der Waals surface area contributed by atoms with E-state index in [9.17, 15) is 14.7 Å². The van der Waals surface area contributed by atoms with E-state index in [1.165, 1.54) is 0 Å². The number of ether oxygens (including phenoxy) is 2. The van der Waals surface area contributed by atoms with E-state index >= 15 is 0 Å². The first-order valence-electron chi connectivity index (χ1n) is 11.3. The SMILES string of the molecule is CCCCCOc1c(OC)ccc2cc(C(=O)NC3(CO)CCCCCC3)c(=O)[nH]c12. The Hall–Kier alpha value is -2.54. The van der Waals surface area contributed by atoms with E-state index in [4.69, 9.17) is 9.47 Å². The maximum absolute atomic E-state index is 13.0. The van der Waals surface area contributed by atoms with Crippen molar-refractivity contribution in [2.75, 3.05) is 20.3 Å². The van der Waals surface area contributed by atoms with Gasteiger partial charge in [-0.05, 0) is 37.5 Å². The van der Waals surface area contributed by atoms with Crippen molar-refractivity contribution < 1.29 is 19.4 Å². The molecule has 31 heavy (non-hydrogen) atoms. The fourth-order valence-corrected chi connectivity index (χ4v) is 4.27. The first-order valence-corrected chi connectivity index (χ1v) is 11.3. The van der Waals surface area contributed by atoms with Gasteiger partial charge in [0.25, 0.3) is 11.5 Å². The molecule has 0 aliphatic heterocycles. The molecule has 1 aliphatic carbocycles. The van der Waals surface area contributed by atoms with Crippen LogP contribution >= 0.6 is 0 Å². The molecule has 1 heterocycles. The summed E-state index contributed by atoms with van der Waals surface area (Å²) in [6.45, 7) is 2.52. The van der Waals surface area contributed by atoms with Crippen LogP contribution in [0.2, 0.25) is 0 Å². The maximum Gasteiger partial charge on any atom is 0.261 e. The lowest BCUT2D eigenvalue weighted by molar-refractivity contribution is 0.0804. The van der Waals surface area contributed by atoms with Crippen LogP contribution in [0.3, 0.4) is 0 Å². The van der Waals surface area contributed by atoms with E-state index in [0.29, 0.717) is 41.9 Å². The molecule has 1 aromatic heterocycles. The van der Waals surface area contributed by atoms with Crippen LogP contribution in [0.25, 0.3) is 10.9 Å². The van der Waals surface area contributed by atoms with Crippen LogP contribution in [0, 0.1) is 0 Å². The van der Waals surface area contributed by atoms with E-state index in [2.05, 4.69) is 17.2 Å². The van der Waals surface area contributed by atoms with Crippen molar-refractivity contribution in [2.24, 2.45) is 0 Å². The van der Waals surface area contributed by atoms with Crippen molar-refractivity contribution in [3.63, 3.8) is 0 Å². The molecule has 1 aliphatic rings. The molecular formula is C24H34N2O5. The van der Waals surface area contributed by atoms with Gasteiger partial charge in [-0.15, -0.1) is 0 Å². The number of pyridine rings is 1. The van der Waals surface area contributed by atoms with Gasteiger partial charge in [0.2, 0.25) is 0 Å². The summed E-state index contributed by atoms with van der Waals surface area (Å²) in [5, 5.41) is 13.6. The van der Waals surface area contributed by atoms with E-state index in [1.54, 1.807) is 25.3 Å². The van der Waals surface area contributed by atoms with E-state index in [1.807, 2.05) is 0 Å². The van der Waals surface area contributed by atoms with Gasteiger partial charge in [0.05, 0.1) is 31.4 Å². The molecule has 3 rings (SSSR count). The quantitative estimate of drug-likeness (QED) is 0.413. The summed E-state index contributed by atoms with van der Waals surface area (Å²) in [6, 6.07) is 5.16. The van der Waals surface area contributed by atoms with Gasteiger partial charge in [-0.1, -0.05) is 45.4 Å². The second kappa shape index (κ2) is 10.7. The predicted octanol–water partition coefficient (Wildman–Crippen LogP) is 3.92. The van der Waals surface area contributed by atoms with Crippen LogP contribution in [0.5, 0.6) is 11.5 Å². The minimum absolute atomic E-state index is 0.0340. The number of aliphatic hydroxyl groups excluding tert-OH is 1. The summed E-state index contributed by atoms with van der Waals surface area (Å²) in [7, 11) is 1.56. The maximum atomic E-state index is 13.0. The number of benzene rings is 1. The Morgan fingerprint density at radius 1 is 1.19 bits per heavy atom. The number of carbonyl (C=O) groups is 1. The molecule has 1 aromatic carbocycles. The number of nitrogens with one attached hydrogen (secondary N) is 2. The summed E-state index contributed by atoms with van der Waals surface area (Å²) in [6.07, 6.45) is 8.57. The fraction of sp³-hybridized carbons (Fsp3) is 0.583. The normalized spacial score (nSPS) is 16.0. The Bertz CT molecular complexity index is 945. The molecule has 2 aromatic rings. The molecule has 1 fully saturated rings. The molecule has 0 atom stereocenters. The molecule has 0 unspecified atom stereocenters. The minimum Gasteiger partial charge on any atom is -0.493 e. The Morgan fingerprint density at radius 3 is 2.58 bits per heavy atom. The zero-order chi connectivity index (χ0) is 22.3. The number of methoxy groups -OCH3 is 1. The highest BCUT2D eigenvalue weighted by molar-refractivity contribution is 5.99. The lowest BCUT2D eigenvalue weighted by atomic mass is 9.90. The number of rotatable bonds is 9. The number of hydrogen-bond acceptors (Lipinski definition) is 5. The highest BCUT2D eigenvalue weighted by atomic mass is 16.5. The molecule has 7 heteroatoms. The first-order chi connectivity index (χ1) is 15.0. The van der Waals surface area contributed by atoms with E-state index in [-0.39, 0.29) is 12.2 Å². The standard InChI is InChI=1S/C24H34N2O5/c1-3-4-9-14-31-21-19(30-2)11-10-17-15-18(22(28)25-20(17)21)23(29)26-24(16-27)12-7-5-6-8-13-24/h10-11,15,27H,3-9,12-14,16H2,1-2H3,(H,25,28)(H,26,29). The zero-order valence-corrected chi connectivity index (χ0v) is 18.6. The Balaban J connectivity index is 1.91. The number of hydrogen-bond donors (Lipinski definition) is 3. The van der Waals surface area contributed by atoms with Crippen molar-refractivity contribution >= 4 is 16.8 Å². The van der Waals surface area contributed by atoms with Crippen LogP contribution in [0.15, 0.2) is 23.0 Å². The number of amides is 1. The van der Waals surface area contributed by atoms with Gasteiger partial charge in [0, 0.05) is 5.39 Å². The molecular weight excluding hydrogens is 396 g/mol. The highest BCUT2D eigenvalue weighted by Crippen LogP contribution is 2.34. The third-order valence-corrected chi connectivity index (χ3v) is 6.14. The molecule has 1 amide bonds. The zero-order valence-electron chi connectivity index (χ0n) is 18.6. The van der Waals surface area contributed by atoms with Crippen molar-refractivity contribution in [1.82, 2.24) is 10.3 Å². The van der Waals surface area contributed by atoms with Gasteiger partial charge in [-0.2, -0.15) is 0 Å². The number of aliphatic hydroxyl groups is 1. The largest absolute Gasteiger partial charge is 0.493 e. The summed E-state index contributed by atoms with van der Waals surface area (Å²) >= 11 is 0. The average molecular weight is 431 g/mol.